The van der Waals surface area contributed by atoms with Crippen LogP contribution in [0.25, 0.3) is 22.4 Å². The Bertz CT molecular complexity index is 984. The summed E-state index contributed by atoms with van der Waals surface area (Å²) in [6.07, 6.45) is 0. The summed E-state index contributed by atoms with van der Waals surface area (Å²) in [5.41, 5.74) is 3.91. The first-order valence-electron chi connectivity index (χ1n) is 8.77. The number of hydrogen-bond acceptors (Lipinski definition) is 3. The predicted molar refractivity (Wildman–Crippen MR) is 104 cm³/mol. The van der Waals surface area contributed by atoms with Crippen molar-refractivity contribution in [1.82, 2.24) is 14.9 Å². The van der Waals surface area contributed by atoms with Gasteiger partial charge >= 0.3 is 6.03 Å². The van der Waals surface area contributed by atoms with E-state index >= 15 is 0 Å². The quantitative estimate of drug-likeness (QED) is 0.644. The highest BCUT2D eigenvalue weighted by Gasteiger charge is 2.13. The summed E-state index contributed by atoms with van der Waals surface area (Å²) in [5, 5.41) is 14.5. The molecule has 0 saturated carbocycles. The Balaban J connectivity index is 1.81. The number of halogens is 1. The third kappa shape index (κ3) is 4.09. The van der Waals surface area contributed by atoms with E-state index in [0.29, 0.717) is 17.7 Å². The van der Waals surface area contributed by atoms with Crippen molar-refractivity contribution >= 4 is 22.8 Å². The Morgan fingerprint density at radius 2 is 2.07 bits per heavy atom. The number of aliphatic hydroxyl groups excluding tert-OH is 1. The van der Waals surface area contributed by atoms with Crippen molar-refractivity contribution in [3.63, 3.8) is 0 Å². The van der Waals surface area contributed by atoms with Gasteiger partial charge in [-0.2, -0.15) is 0 Å². The number of aromatic nitrogens is 2. The van der Waals surface area contributed by atoms with Crippen LogP contribution in [0, 0.1) is 18.7 Å². The van der Waals surface area contributed by atoms with Crippen LogP contribution in [0.1, 0.15) is 12.5 Å². The number of rotatable bonds is 5. The van der Waals surface area contributed by atoms with Gasteiger partial charge in [0.25, 0.3) is 0 Å². The number of benzene rings is 2. The zero-order chi connectivity index (χ0) is 19.6. The number of carbonyl (C=O) groups is 1. The van der Waals surface area contributed by atoms with E-state index in [-0.39, 0.29) is 24.4 Å². The largest absolute Gasteiger partial charge is 0.396 e. The first kappa shape index (κ1) is 18.8. The number of aliphatic hydroxyl groups is 1. The van der Waals surface area contributed by atoms with Gasteiger partial charge in [0.1, 0.15) is 11.6 Å². The Hall–Kier alpha value is -2.93. The molecule has 142 valence electrons. The van der Waals surface area contributed by atoms with E-state index < -0.39 is 0 Å². The van der Waals surface area contributed by atoms with Gasteiger partial charge in [-0.15, -0.1) is 0 Å². The van der Waals surface area contributed by atoms with E-state index in [1.807, 2.05) is 43.7 Å². The van der Waals surface area contributed by atoms with Crippen molar-refractivity contribution < 1.29 is 14.3 Å². The molecule has 7 heteroatoms. The fourth-order valence-electron chi connectivity index (χ4n) is 2.87. The van der Waals surface area contributed by atoms with Crippen LogP contribution < -0.4 is 10.6 Å². The van der Waals surface area contributed by atoms with Gasteiger partial charge in [-0.1, -0.05) is 6.92 Å². The minimum Gasteiger partial charge on any atom is -0.396 e. The van der Waals surface area contributed by atoms with Gasteiger partial charge in [0, 0.05) is 37.5 Å². The average Bonchev–Trinajstić information content (AvgIpc) is 2.97. The number of hydrogen-bond donors (Lipinski definition) is 3. The first-order chi connectivity index (χ1) is 12.9. The summed E-state index contributed by atoms with van der Waals surface area (Å²) in [6.45, 7) is 4.17. The van der Waals surface area contributed by atoms with Gasteiger partial charge in [0.15, 0.2) is 0 Å². The summed E-state index contributed by atoms with van der Waals surface area (Å²) in [4.78, 5) is 16.5. The lowest BCUT2D eigenvalue weighted by Crippen LogP contribution is -2.33. The molecule has 27 heavy (non-hydrogen) atoms. The van der Waals surface area contributed by atoms with Gasteiger partial charge in [0.05, 0.1) is 11.0 Å². The second kappa shape index (κ2) is 7.75. The van der Waals surface area contributed by atoms with E-state index in [9.17, 15) is 9.18 Å². The Labute approximate surface area is 157 Å². The standard InChI is InChI=1S/C20H23FN4O2/c1-12(11-26)10-22-20(27)24-16-6-4-14(8-13(16)2)19-23-17-9-15(21)5-7-18(17)25(19)3/h4-9,12,26H,10-11H2,1-3H3,(H2,22,24,27). The molecule has 0 bridgehead atoms. The second-order valence-electron chi connectivity index (χ2n) is 6.78. The van der Waals surface area contributed by atoms with Crippen LogP contribution in [-0.4, -0.2) is 33.8 Å². The number of imidazole rings is 1. The molecule has 3 N–H and O–H groups in total. The Morgan fingerprint density at radius 3 is 2.78 bits per heavy atom. The maximum Gasteiger partial charge on any atom is 0.319 e. The third-order valence-electron chi connectivity index (χ3n) is 4.50. The summed E-state index contributed by atoms with van der Waals surface area (Å²) in [5.74, 6) is 0.414. The Morgan fingerprint density at radius 1 is 1.30 bits per heavy atom. The van der Waals surface area contributed by atoms with Crippen LogP contribution >= 0.6 is 0 Å². The van der Waals surface area contributed by atoms with Crippen molar-refractivity contribution in [3.05, 3.63) is 47.8 Å². The highest BCUT2D eigenvalue weighted by Crippen LogP contribution is 2.27. The molecule has 0 aliphatic carbocycles. The van der Waals surface area contributed by atoms with Crippen LogP contribution in [0.5, 0.6) is 0 Å². The molecule has 0 aliphatic rings. The summed E-state index contributed by atoms with van der Waals surface area (Å²) in [6, 6.07) is 9.85. The van der Waals surface area contributed by atoms with Crippen LogP contribution in [0.2, 0.25) is 0 Å². The molecule has 0 fully saturated rings. The molecular weight excluding hydrogens is 347 g/mol. The topological polar surface area (TPSA) is 79.2 Å². The molecule has 3 aromatic rings. The van der Waals surface area contributed by atoms with Crippen LogP contribution in [0.15, 0.2) is 36.4 Å². The summed E-state index contributed by atoms with van der Waals surface area (Å²) < 4.78 is 15.4. The smallest absolute Gasteiger partial charge is 0.319 e. The highest BCUT2D eigenvalue weighted by molar-refractivity contribution is 5.90. The number of urea groups is 1. The fourth-order valence-corrected chi connectivity index (χ4v) is 2.87. The molecule has 1 unspecified atom stereocenters. The number of aryl methyl sites for hydroxylation is 2. The van der Waals surface area contributed by atoms with E-state index in [1.54, 1.807) is 6.07 Å². The van der Waals surface area contributed by atoms with Gasteiger partial charge in [0.2, 0.25) is 0 Å². The second-order valence-corrected chi connectivity index (χ2v) is 6.78. The van der Waals surface area contributed by atoms with Gasteiger partial charge in [-0.05, 0) is 48.7 Å². The summed E-state index contributed by atoms with van der Waals surface area (Å²) in [7, 11) is 1.89. The van der Waals surface area contributed by atoms with E-state index in [1.165, 1.54) is 12.1 Å². The van der Waals surface area contributed by atoms with Gasteiger partial charge in [-0.3, -0.25) is 0 Å². The lowest BCUT2D eigenvalue weighted by Gasteiger charge is -2.13. The molecule has 2 aromatic carbocycles. The number of anilines is 1. The molecule has 0 radical (unpaired) electrons. The Kier molecular flexibility index (Phi) is 5.41. The normalized spacial score (nSPS) is 12.2. The molecular formula is C20H23FN4O2. The number of nitrogens with one attached hydrogen (secondary N) is 2. The first-order valence-corrected chi connectivity index (χ1v) is 8.77. The molecule has 0 spiro atoms. The predicted octanol–water partition coefficient (Wildman–Crippen LogP) is 3.44. The summed E-state index contributed by atoms with van der Waals surface area (Å²) >= 11 is 0. The molecule has 1 atom stereocenters. The van der Waals surface area contributed by atoms with Gasteiger partial charge < -0.3 is 20.3 Å². The van der Waals surface area contributed by atoms with E-state index in [0.717, 1.165) is 22.5 Å². The molecule has 2 amide bonds. The van der Waals surface area contributed by atoms with Crippen LogP contribution in [0.4, 0.5) is 14.9 Å². The van der Waals surface area contributed by atoms with Gasteiger partial charge in [-0.25, -0.2) is 14.2 Å². The maximum absolute atomic E-state index is 13.4. The zero-order valence-electron chi connectivity index (χ0n) is 15.6. The molecule has 0 aliphatic heterocycles. The number of fused-ring (bicyclic) bond motifs is 1. The SMILES string of the molecule is Cc1cc(-c2nc3cc(F)ccc3n2C)ccc1NC(=O)NCC(C)CO. The van der Waals surface area contributed by atoms with E-state index in [4.69, 9.17) is 5.11 Å². The zero-order valence-corrected chi connectivity index (χ0v) is 15.6. The number of carbonyl (C=O) groups excluding carboxylic acids is 1. The molecule has 1 heterocycles. The van der Waals surface area contributed by atoms with Crippen molar-refractivity contribution in [2.24, 2.45) is 13.0 Å². The third-order valence-corrected chi connectivity index (χ3v) is 4.50. The average molecular weight is 370 g/mol. The molecule has 6 nitrogen and oxygen atoms in total. The minimum atomic E-state index is -0.315. The lowest BCUT2D eigenvalue weighted by molar-refractivity contribution is 0.227. The molecule has 0 saturated heterocycles. The van der Waals surface area contributed by atoms with E-state index in [2.05, 4.69) is 15.6 Å². The number of nitrogens with zero attached hydrogens (tertiary/aromatic N) is 2. The maximum atomic E-state index is 13.4. The van der Waals surface area contributed by atoms with Crippen LogP contribution in [0.3, 0.4) is 0 Å². The molecule has 1 aromatic heterocycles. The van der Waals surface area contributed by atoms with Crippen molar-refractivity contribution in [1.29, 1.82) is 0 Å². The highest BCUT2D eigenvalue weighted by atomic mass is 19.1. The number of amides is 2. The molecule has 3 rings (SSSR count). The fraction of sp³-hybridized carbons (Fsp3) is 0.300. The van der Waals surface area contributed by atoms with Crippen molar-refractivity contribution in [2.75, 3.05) is 18.5 Å². The van der Waals surface area contributed by atoms with Crippen molar-refractivity contribution in [2.45, 2.75) is 13.8 Å². The lowest BCUT2D eigenvalue weighted by atomic mass is 10.1. The minimum absolute atomic E-state index is 0.00149. The van der Waals surface area contributed by atoms with Crippen molar-refractivity contribution in [3.8, 4) is 11.4 Å². The monoisotopic (exact) mass is 370 g/mol. The van der Waals surface area contributed by atoms with Crippen LogP contribution in [-0.2, 0) is 7.05 Å².